The third-order valence-electron chi connectivity index (χ3n) is 2.97. The molecule has 0 aromatic carbocycles. The predicted molar refractivity (Wildman–Crippen MR) is 94.7 cm³/mol. The molecule has 22 heavy (non-hydrogen) atoms. The maximum atomic E-state index is 11.7. The van der Waals surface area contributed by atoms with Crippen LogP contribution in [0.15, 0.2) is 12.3 Å². The molecule has 1 aromatic rings. The quantitative estimate of drug-likeness (QED) is 0.699. The maximum Gasteiger partial charge on any atom is 0.237 e. The van der Waals surface area contributed by atoms with Gasteiger partial charge in [-0.15, -0.1) is 24.8 Å². The van der Waals surface area contributed by atoms with Gasteiger partial charge in [-0.3, -0.25) is 4.79 Å². The minimum atomic E-state index is -0.503. The maximum absolute atomic E-state index is 11.7. The van der Waals surface area contributed by atoms with Crippen LogP contribution in [0.3, 0.4) is 0 Å². The van der Waals surface area contributed by atoms with Gasteiger partial charge in [0.1, 0.15) is 11.6 Å². The van der Waals surface area contributed by atoms with Crippen molar-refractivity contribution in [2.75, 3.05) is 13.2 Å². The first kappa shape index (κ1) is 23.8. The largest absolute Gasteiger partial charge is 0.475 e. The molecule has 1 heterocycles. The zero-order chi connectivity index (χ0) is 15.1. The van der Waals surface area contributed by atoms with Gasteiger partial charge in [-0.2, -0.15) is 0 Å². The third kappa shape index (κ3) is 7.70. The molecule has 2 atom stereocenters. The summed E-state index contributed by atoms with van der Waals surface area (Å²) in [6, 6.07) is 1.04. The lowest BCUT2D eigenvalue weighted by Gasteiger charge is -2.17. The van der Waals surface area contributed by atoms with Gasteiger partial charge >= 0.3 is 0 Å². The first-order valence-corrected chi connectivity index (χ1v) is 7.18. The molecule has 0 fully saturated rings. The van der Waals surface area contributed by atoms with Crippen molar-refractivity contribution >= 4 is 53.9 Å². The fourth-order valence-electron chi connectivity index (χ4n) is 1.46. The Kier molecular flexibility index (Phi) is 13.0. The van der Waals surface area contributed by atoms with Crippen LogP contribution in [0, 0.1) is 5.92 Å². The van der Waals surface area contributed by atoms with E-state index in [9.17, 15) is 4.79 Å². The number of carbonyl (C=O) groups excluding carboxylic acids is 1. The minimum absolute atomic E-state index is 0. The van der Waals surface area contributed by atoms with Gasteiger partial charge in [-0.05, 0) is 12.0 Å². The monoisotopic (exact) mass is 391 g/mol. The number of carbonyl (C=O) groups is 1. The molecular formula is C13H21Cl4N3O2. The number of ether oxygens (including phenoxy) is 1. The van der Waals surface area contributed by atoms with E-state index in [1.807, 2.05) is 13.8 Å². The standard InChI is InChI=1S/C13H19Cl2N3O2.2ClH/c1-3-8(2)11(16)12(19)17-4-5-20-13-10(15)6-9(14)7-18-13;;/h6-8,11H,3-5,16H2,1-2H3,(H,17,19);2*1H. The van der Waals surface area contributed by atoms with Gasteiger partial charge < -0.3 is 15.8 Å². The lowest BCUT2D eigenvalue weighted by Crippen LogP contribution is -2.45. The van der Waals surface area contributed by atoms with Crippen LogP contribution < -0.4 is 15.8 Å². The Morgan fingerprint density at radius 2 is 2.09 bits per heavy atom. The van der Waals surface area contributed by atoms with Crippen LogP contribution in [0.1, 0.15) is 20.3 Å². The highest BCUT2D eigenvalue weighted by atomic mass is 35.5. The van der Waals surface area contributed by atoms with Crippen LogP contribution >= 0.6 is 48.0 Å². The topological polar surface area (TPSA) is 77.2 Å². The molecule has 0 radical (unpaired) electrons. The number of halogens is 4. The molecule has 5 nitrogen and oxygen atoms in total. The van der Waals surface area contributed by atoms with Gasteiger partial charge in [0.15, 0.2) is 0 Å². The van der Waals surface area contributed by atoms with Crippen molar-refractivity contribution in [2.45, 2.75) is 26.3 Å². The average molecular weight is 393 g/mol. The van der Waals surface area contributed by atoms with Crippen LogP contribution in [0.5, 0.6) is 5.88 Å². The van der Waals surface area contributed by atoms with Crippen LogP contribution in [0.25, 0.3) is 0 Å². The van der Waals surface area contributed by atoms with Crippen molar-refractivity contribution in [2.24, 2.45) is 11.7 Å². The number of pyridine rings is 1. The SMILES string of the molecule is CCC(C)C(N)C(=O)NCCOc1ncc(Cl)cc1Cl.Cl.Cl. The molecule has 0 aliphatic rings. The van der Waals surface area contributed by atoms with Gasteiger partial charge in [0.05, 0.1) is 17.6 Å². The lowest BCUT2D eigenvalue weighted by molar-refractivity contribution is -0.123. The number of aromatic nitrogens is 1. The van der Waals surface area contributed by atoms with E-state index in [1.54, 1.807) is 6.07 Å². The molecule has 0 spiro atoms. The summed E-state index contributed by atoms with van der Waals surface area (Å²) in [4.78, 5) is 15.7. The summed E-state index contributed by atoms with van der Waals surface area (Å²) in [5, 5.41) is 3.49. The predicted octanol–water partition coefficient (Wildman–Crippen LogP) is 3.10. The van der Waals surface area contributed by atoms with E-state index < -0.39 is 6.04 Å². The van der Waals surface area contributed by atoms with Crippen molar-refractivity contribution in [1.82, 2.24) is 10.3 Å². The van der Waals surface area contributed by atoms with Gasteiger partial charge in [0.2, 0.25) is 11.8 Å². The highest BCUT2D eigenvalue weighted by Gasteiger charge is 2.18. The fourth-order valence-corrected chi connectivity index (χ4v) is 1.90. The summed E-state index contributed by atoms with van der Waals surface area (Å²) in [5.74, 6) is 0.248. The second-order valence-electron chi connectivity index (χ2n) is 4.49. The van der Waals surface area contributed by atoms with E-state index in [0.29, 0.717) is 16.6 Å². The highest BCUT2D eigenvalue weighted by molar-refractivity contribution is 6.35. The summed E-state index contributed by atoms with van der Waals surface area (Å²) >= 11 is 11.6. The molecule has 1 amide bonds. The number of hydrogen-bond acceptors (Lipinski definition) is 4. The van der Waals surface area contributed by atoms with Crippen LogP contribution in [0.4, 0.5) is 0 Å². The Labute approximate surface area is 153 Å². The second kappa shape index (κ2) is 12.0. The first-order chi connectivity index (χ1) is 9.45. The Hall–Kier alpha value is -0.460. The first-order valence-electron chi connectivity index (χ1n) is 6.42. The number of hydrogen-bond donors (Lipinski definition) is 2. The minimum Gasteiger partial charge on any atom is -0.475 e. The Bertz CT molecular complexity index is 463. The molecular weight excluding hydrogens is 372 g/mol. The van der Waals surface area contributed by atoms with E-state index >= 15 is 0 Å². The Morgan fingerprint density at radius 3 is 2.64 bits per heavy atom. The number of nitrogens with two attached hydrogens (primary N) is 1. The van der Waals surface area contributed by atoms with Crippen LogP contribution in [-0.4, -0.2) is 30.1 Å². The van der Waals surface area contributed by atoms with Crippen LogP contribution in [0.2, 0.25) is 10.0 Å². The van der Waals surface area contributed by atoms with E-state index in [1.165, 1.54) is 6.20 Å². The number of rotatable bonds is 7. The van der Waals surface area contributed by atoms with E-state index in [-0.39, 0.29) is 49.1 Å². The lowest BCUT2D eigenvalue weighted by atomic mass is 9.99. The Balaban J connectivity index is 0. The summed E-state index contributed by atoms with van der Waals surface area (Å²) < 4.78 is 5.35. The smallest absolute Gasteiger partial charge is 0.237 e. The van der Waals surface area contributed by atoms with E-state index in [0.717, 1.165) is 6.42 Å². The van der Waals surface area contributed by atoms with Crippen molar-refractivity contribution in [1.29, 1.82) is 0 Å². The highest BCUT2D eigenvalue weighted by Crippen LogP contribution is 2.24. The number of amides is 1. The second-order valence-corrected chi connectivity index (χ2v) is 5.33. The fraction of sp³-hybridized carbons (Fsp3) is 0.538. The average Bonchev–Trinajstić information content (AvgIpc) is 2.43. The summed E-state index contributed by atoms with van der Waals surface area (Å²) in [6.07, 6.45) is 2.30. The molecule has 0 bridgehead atoms. The van der Waals surface area contributed by atoms with Crippen molar-refractivity contribution in [3.05, 3.63) is 22.3 Å². The summed E-state index contributed by atoms with van der Waals surface area (Å²) in [5.41, 5.74) is 5.80. The molecule has 3 N–H and O–H groups in total. The third-order valence-corrected chi connectivity index (χ3v) is 3.45. The normalized spacial score (nSPS) is 12.4. The molecule has 1 rings (SSSR count). The molecule has 0 saturated carbocycles. The van der Waals surface area contributed by atoms with Gasteiger partial charge in [0.25, 0.3) is 0 Å². The molecule has 0 aliphatic carbocycles. The van der Waals surface area contributed by atoms with Gasteiger partial charge in [0, 0.05) is 6.20 Å². The van der Waals surface area contributed by atoms with Gasteiger partial charge in [-0.1, -0.05) is 43.5 Å². The van der Waals surface area contributed by atoms with Crippen molar-refractivity contribution in [3.8, 4) is 5.88 Å². The number of nitrogens with zero attached hydrogens (tertiary/aromatic N) is 1. The Morgan fingerprint density at radius 1 is 1.45 bits per heavy atom. The van der Waals surface area contributed by atoms with Crippen LogP contribution in [-0.2, 0) is 4.79 Å². The van der Waals surface area contributed by atoms with Crippen molar-refractivity contribution < 1.29 is 9.53 Å². The molecule has 2 unspecified atom stereocenters. The zero-order valence-electron chi connectivity index (χ0n) is 12.3. The van der Waals surface area contributed by atoms with E-state index in [2.05, 4.69) is 10.3 Å². The van der Waals surface area contributed by atoms with Crippen molar-refractivity contribution in [3.63, 3.8) is 0 Å². The summed E-state index contributed by atoms with van der Waals surface area (Å²) in [6.45, 7) is 4.53. The zero-order valence-corrected chi connectivity index (χ0v) is 15.5. The molecule has 9 heteroatoms. The molecule has 0 aliphatic heterocycles. The van der Waals surface area contributed by atoms with E-state index in [4.69, 9.17) is 33.7 Å². The van der Waals surface area contributed by atoms with Gasteiger partial charge in [-0.25, -0.2) is 4.98 Å². The molecule has 1 aromatic heterocycles. The molecule has 0 saturated heterocycles. The molecule has 128 valence electrons. The summed E-state index contributed by atoms with van der Waals surface area (Å²) in [7, 11) is 0. The number of nitrogens with one attached hydrogen (secondary N) is 1.